The third-order valence-corrected chi connectivity index (χ3v) is 4.80. The number of hydrazone groups is 1. The van der Waals surface area contributed by atoms with E-state index in [4.69, 9.17) is 4.74 Å². The molecule has 1 amide bonds. The highest BCUT2D eigenvalue weighted by Gasteiger charge is 2.12. The summed E-state index contributed by atoms with van der Waals surface area (Å²) >= 11 is 0. The van der Waals surface area contributed by atoms with Crippen LogP contribution in [-0.4, -0.2) is 28.4 Å². The van der Waals surface area contributed by atoms with Crippen molar-refractivity contribution in [3.8, 4) is 17.0 Å². The van der Waals surface area contributed by atoms with E-state index in [1.807, 2.05) is 68.4 Å². The maximum atomic E-state index is 12.5. The first kappa shape index (κ1) is 19.4. The Morgan fingerprint density at radius 2 is 1.83 bits per heavy atom. The molecule has 0 saturated heterocycles. The molecule has 0 spiro atoms. The number of rotatable bonds is 6. The second-order valence-corrected chi connectivity index (χ2v) is 6.79. The molecule has 6 nitrogen and oxygen atoms in total. The predicted octanol–water partition coefficient (Wildman–Crippen LogP) is 4.78. The Bertz CT molecular complexity index is 1200. The third kappa shape index (κ3) is 4.07. The lowest BCUT2D eigenvalue weighted by molar-refractivity contribution is 0.0950. The van der Waals surface area contributed by atoms with Gasteiger partial charge in [0.05, 0.1) is 18.0 Å². The van der Waals surface area contributed by atoms with Crippen molar-refractivity contribution >= 4 is 22.4 Å². The molecule has 6 heteroatoms. The molecule has 1 aromatic heterocycles. The number of aromatic amines is 1. The van der Waals surface area contributed by atoms with E-state index in [1.165, 1.54) is 0 Å². The molecule has 3 aromatic carbocycles. The summed E-state index contributed by atoms with van der Waals surface area (Å²) in [7, 11) is 0. The van der Waals surface area contributed by atoms with Crippen molar-refractivity contribution < 1.29 is 9.53 Å². The molecule has 4 rings (SSSR count). The monoisotopic (exact) mass is 398 g/mol. The summed E-state index contributed by atoms with van der Waals surface area (Å²) < 4.78 is 5.44. The van der Waals surface area contributed by atoms with Crippen LogP contribution in [0.4, 0.5) is 0 Å². The topological polar surface area (TPSA) is 79.4 Å². The van der Waals surface area contributed by atoms with Gasteiger partial charge in [-0.25, -0.2) is 5.43 Å². The molecule has 0 aliphatic carbocycles. The number of amides is 1. The maximum Gasteiger partial charge on any atom is 0.289 e. The van der Waals surface area contributed by atoms with Gasteiger partial charge in [0.15, 0.2) is 0 Å². The van der Waals surface area contributed by atoms with Crippen LogP contribution in [-0.2, 0) is 0 Å². The minimum absolute atomic E-state index is 0.348. The smallest absolute Gasteiger partial charge is 0.289 e. The number of ether oxygens (including phenoxy) is 1. The Morgan fingerprint density at radius 3 is 2.63 bits per heavy atom. The maximum absolute atomic E-state index is 12.5. The average Bonchev–Trinajstić information content (AvgIpc) is 3.28. The standard InChI is InChI=1S/C24H22N4O2/c1-3-30-19-13-11-17(12-14-19)16(2)25-28-24(29)23-15-22(26-27-23)21-10-6-8-18-7-4-5-9-20(18)21/h4-15H,3H2,1-2H3,(H,26,27)(H,28,29)/b25-16-. The van der Waals surface area contributed by atoms with E-state index in [9.17, 15) is 4.79 Å². The van der Waals surface area contributed by atoms with Gasteiger partial charge in [-0.1, -0.05) is 42.5 Å². The highest BCUT2D eigenvalue weighted by atomic mass is 16.5. The summed E-state index contributed by atoms with van der Waals surface area (Å²) in [4.78, 5) is 12.5. The molecule has 0 saturated carbocycles. The highest BCUT2D eigenvalue weighted by Crippen LogP contribution is 2.27. The number of fused-ring (bicyclic) bond motifs is 1. The van der Waals surface area contributed by atoms with Crippen molar-refractivity contribution in [2.45, 2.75) is 13.8 Å². The van der Waals surface area contributed by atoms with Crippen LogP contribution in [0.3, 0.4) is 0 Å². The molecule has 2 N–H and O–H groups in total. The van der Waals surface area contributed by atoms with E-state index >= 15 is 0 Å². The quantitative estimate of drug-likeness (QED) is 0.362. The van der Waals surface area contributed by atoms with Gasteiger partial charge in [0.25, 0.3) is 5.91 Å². The van der Waals surface area contributed by atoms with Gasteiger partial charge < -0.3 is 4.74 Å². The number of hydrogen-bond donors (Lipinski definition) is 2. The molecule has 0 atom stereocenters. The van der Waals surface area contributed by atoms with E-state index in [1.54, 1.807) is 6.07 Å². The van der Waals surface area contributed by atoms with Crippen LogP contribution in [0.5, 0.6) is 5.75 Å². The average molecular weight is 398 g/mol. The van der Waals surface area contributed by atoms with E-state index in [2.05, 4.69) is 32.9 Å². The number of aromatic nitrogens is 2. The minimum atomic E-state index is -0.348. The zero-order valence-corrected chi connectivity index (χ0v) is 16.8. The fraction of sp³-hybridized carbons (Fsp3) is 0.125. The molecular weight excluding hydrogens is 376 g/mol. The molecule has 0 bridgehead atoms. The lowest BCUT2D eigenvalue weighted by Crippen LogP contribution is -2.19. The number of carbonyl (C=O) groups excluding carboxylic acids is 1. The largest absolute Gasteiger partial charge is 0.494 e. The van der Waals surface area contributed by atoms with Crippen LogP contribution >= 0.6 is 0 Å². The van der Waals surface area contributed by atoms with E-state index in [0.717, 1.165) is 27.6 Å². The number of hydrogen-bond acceptors (Lipinski definition) is 4. The van der Waals surface area contributed by atoms with Gasteiger partial charge in [0, 0.05) is 5.56 Å². The summed E-state index contributed by atoms with van der Waals surface area (Å²) in [6, 6.07) is 23.4. The second-order valence-electron chi connectivity index (χ2n) is 6.79. The lowest BCUT2D eigenvalue weighted by Gasteiger charge is -2.05. The molecule has 1 heterocycles. The first-order valence-electron chi connectivity index (χ1n) is 9.77. The highest BCUT2D eigenvalue weighted by molar-refractivity contribution is 6.01. The molecule has 150 valence electrons. The van der Waals surface area contributed by atoms with Gasteiger partial charge in [-0.05, 0) is 60.5 Å². The number of H-pyrrole nitrogens is 1. The lowest BCUT2D eigenvalue weighted by atomic mass is 10.0. The van der Waals surface area contributed by atoms with E-state index in [0.29, 0.717) is 23.7 Å². The summed E-state index contributed by atoms with van der Waals surface area (Å²) in [5.74, 6) is 0.454. The Morgan fingerprint density at radius 1 is 1.07 bits per heavy atom. The van der Waals surface area contributed by atoms with Gasteiger partial charge in [0.1, 0.15) is 11.4 Å². The van der Waals surface area contributed by atoms with Crippen molar-refractivity contribution in [2.75, 3.05) is 6.61 Å². The molecule has 0 fully saturated rings. The van der Waals surface area contributed by atoms with E-state index < -0.39 is 0 Å². The minimum Gasteiger partial charge on any atom is -0.494 e. The van der Waals surface area contributed by atoms with Crippen LogP contribution in [0, 0.1) is 0 Å². The zero-order valence-electron chi connectivity index (χ0n) is 16.8. The number of nitrogens with zero attached hydrogens (tertiary/aromatic N) is 2. The van der Waals surface area contributed by atoms with Gasteiger partial charge in [0.2, 0.25) is 0 Å². The zero-order chi connectivity index (χ0) is 20.9. The first-order valence-corrected chi connectivity index (χ1v) is 9.77. The fourth-order valence-corrected chi connectivity index (χ4v) is 3.24. The number of carbonyl (C=O) groups is 1. The summed E-state index contributed by atoms with van der Waals surface area (Å²) in [6.45, 7) is 4.40. The fourth-order valence-electron chi connectivity index (χ4n) is 3.24. The summed E-state index contributed by atoms with van der Waals surface area (Å²) in [5, 5.41) is 13.5. The Balaban J connectivity index is 1.49. The molecule has 30 heavy (non-hydrogen) atoms. The van der Waals surface area contributed by atoms with Crippen molar-refractivity contribution in [2.24, 2.45) is 5.10 Å². The van der Waals surface area contributed by atoms with Crippen LogP contribution in [0.2, 0.25) is 0 Å². The molecule has 0 unspecified atom stereocenters. The Hall–Kier alpha value is -3.93. The van der Waals surface area contributed by atoms with Crippen LogP contribution in [0.15, 0.2) is 77.9 Å². The van der Waals surface area contributed by atoms with Crippen molar-refractivity contribution in [3.63, 3.8) is 0 Å². The van der Waals surface area contributed by atoms with Crippen LogP contribution in [0.25, 0.3) is 22.0 Å². The molecule has 4 aromatic rings. The van der Waals surface area contributed by atoms with Crippen LogP contribution in [0.1, 0.15) is 29.9 Å². The molecule has 0 radical (unpaired) electrons. The Labute approximate surface area is 174 Å². The summed E-state index contributed by atoms with van der Waals surface area (Å²) in [6.07, 6.45) is 0. The molecular formula is C24H22N4O2. The molecule has 0 aliphatic rings. The number of nitrogens with one attached hydrogen (secondary N) is 2. The van der Waals surface area contributed by atoms with Gasteiger partial charge in [-0.15, -0.1) is 0 Å². The molecule has 0 aliphatic heterocycles. The SMILES string of the molecule is CCOc1ccc(/C(C)=N\NC(=O)c2cc(-c3cccc4ccccc34)n[nH]2)cc1. The van der Waals surface area contributed by atoms with Crippen molar-refractivity contribution in [1.82, 2.24) is 15.6 Å². The van der Waals surface area contributed by atoms with Crippen LogP contribution < -0.4 is 10.2 Å². The van der Waals surface area contributed by atoms with Gasteiger partial charge in [-0.3, -0.25) is 9.89 Å². The third-order valence-electron chi connectivity index (χ3n) is 4.80. The first-order chi connectivity index (χ1) is 14.7. The van der Waals surface area contributed by atoms with E-state index in [-0.39, 0.29) is 5.91 Å². The van der Waals surface area contributed by atoms with Gasteiger partial charge >= 0.3 is 0 Å². The Kier molecular flexibility index (Phi) is 5.57. The van der Waals surface area contributed by atoms with Gasteiger partial charge in [-0.2, -0.15) is 10.2 Å². The van der Waals surface area contributed by atoms with Crippen molar-refractivity contribution in [1.29, 1.82) is 0 Å². The predicted molar refractivity (Wildman–Crippen MR) is 119 cm³/mol. The normalized spacial score (nSPS) is 11.5. The second kappa shape index (κ2) is 8.61. The summed E-state index contributed by atoms with van der Waals surface area (Å²) in [5.41, 5.74) is 6.21. The number of benzene rings is 3. The van der Waals surface area contributed by atoms with Crippen molar-refractivity contribution in [3.05, 3.63) is 84.1 Å².